The maximum Gasteiger partial charge on any atom is 0.0561 e. The van der Waals surface area contributed by atoms with Crippen LogP contribution < -0.4 is 5.73 Å². The normalized spacial score (nSPS) is 23.4. The lowest BCUT2D eigenvalue weighted by molar-refractivity contribution is 0.214. The minimum absolute atomic E-state index is 0.390. The van der Waals surface area contributed by atoms with Crippen LogP contribution in [0.2, 0.25) is 0 Å². The van der Waals surface area contributed by atoms with Gasteiger partial charge in [-0.1, -0.05) is 6.07 Å². The third-order valence-corrected chi connectivity index (χ3v) is 4.64. The highest BCUT2D eigenvalue weighted by Gasteiger charge is 2.24. The van der Waals surface area contributed by atoms with Gasteiger partial charge < -0.3 is 10.6 Å². The fourth-order valence-corrected chi connectivity index (χ4v) is 3.61. The molecule has 0 aliphatic carbocycles. The van der Waals surface area contributed by atoms with Gasteiger partial charge in [0.15, 0.2) is 0 Å². The summed E-state index contributed by atoms with van der Waals surface area (Å²) in [5.74, 6) is 0.805. The van der Waals surface area contributed by atoms with Gasteiger partial charge in [-0.15, -0.1) is 11.3 Å². The van der Waals surface area contributed by atoms with Crippen LogP contribution in [-0.2, 0) is 0 Å². The molecule has 0 spiro atoms. The summed E-state index contributed by atoms with van der Waals surface area (Å²) in [6.07, 6.45) is 1.32. The van der Waals surface area contributed by atoms with Crippen LogP contribution >= 0.6 is 11.3 Å². The Morgan fingerprint density at radius 3 is 3.00 bits per heavy atom. The molecule has 0 bridgehead atoms. The Bertz CT molecular complexity index is 325. The smallest absolute Gasteiger partial charge is 0.0561 e. The van der Waals surface area contributed by atoms with Crippen LogP contribution in [0, 0.1) is 5.92 Å². The highest BCUT2D eigenvalue weighted by molar-refractivity contribution is 7.10. The number of likely N-dealkylation sites (N-methyl/N-ethyl adjacent to an activating group) is 1. The Kier molecular flexibility index (Phi) is 4.56. The molecule has 1 aliphatic heterocycles. The number of thiophene rings is 1. The summed E-state index contributed by atoms with van der Waals surface area (Å²) >= 11 is 1.81. The molecule has 2 rings (SSSR count). The number of rotatable bonds is 5. The average Bonchev–Trinajstić information content (AvgIpc) is 2.92. The third-order valence-electron chi connectivity index (χ3n) is 3.66. The van der Waals surface area contributed by atoms with Crippen molar-refractivity contribution in [2.75, 3.05) is 40.3 Å². The summed E-state index contributed by atoms with van der Waals surface area (Å²) in [7, 11) is 4.41. The molecule has 3 nitrogen and oxygen atoms in total. The largest absolute Gasteiger partial charge is 0.329 e. The fourth-order valence-electron chi connectivity index (χ4n) is 2.70. The van der Waals surface area contributed by atoms with Crippen molar-refractivity contribution in [1.82, 2.24) is 9.80 Å². The predicted molar refractivity (Wildman–Crippen MR) is 74.3 cm³/mol. The van der Waals surface area contributed by atoms with E-state index in [2.05, 4.69) is 41.4 Å². The molecule has 0 amide bonds. The van der Waals surface area contributed by atoms with Gasteiger partial charge in [0.25, 0.3) is 0 Å². The first-order valence-electron chi connectivity index (χ1n) is 6.33. The van der Waals surface area contributed by atoms with E-state index >= 15 is 0 Å². The first-order valence-corrected chi connectivity index (χ1v) is 7.21. The number of nitrogens with two attached hydrogens (primary N) is 1. The molecule has 17 heavy (non-hydrogen) atoms. The number of hydrogen-bond acceptors (Lipinski definition) is 4. The molecular formula is C13H23N3S. The molecule has 1 fully saturated rings. The van der Waals surface area contributed by atoms with Crippen molar-refractivity contribution < 1.29 is 0 Å². The van der Waals surface area contributed by atoms with Crippen molar-refractivity contribution in [2.24, 2.45) is 11.7 Å². The molecule has 2 heterocycles. The van der Waals surface area contributed by atoms with Gasteiger partial charge in [0.1, 0.15) is 0 Å². The Hall–Kier alpha value is -0.420. The van der Waals surface area contributed by atoms with E-state index in [1.807, 2.05) is 11.3 Å². The third kappa shape index (κ3) is 3.28. The Morgan fingerprint density at radius 2 is 2.47 bits per heavy atom. The summed E-state index contributed by atoms with van der Waals surface area (Å²) in [6.45, 7) is 4.33. The molecule has 0 aromatic carbocycles. The van der Waals surface area contributed by atoms with Crippen LogP contribution in [0.15, 0.2) is 17.5 Å². The number of likely N-dealkylation sites (tertiary alicyclic amines) is 1. The molecule has 4 heteroatoms. The highest BCUT2D eigenvalue weighted by atomic mass is 32.1. The number of nitrogens with zero attached hydrogens (tertiary/aromatic N) is 2. The monoisotopic (exact) mass is 253 g/mol. The van der Waals surface area contributed by atoms with E-state index in [0.717, 1.165) is 12.5 Å². The van der Waals surface area contributed by atoms with Crippen molar-refractivity contribution in [1.29, 1.82) is 0 Å². The molecule has 1 aromatic rings. The van der Waals surface area contributed by atoms with Gasteiger partial charge in [-0.2, -0.15) is 0 Å². The zero-order chi connectivity index (χ0) is 12.3. The van der Waals surface area contributed by atoms with E-state index in [-0.39, 0.29) is 0 Å². The minimum atomic E-state index is 0.390. The second kappa shape index (κ2) is 5.96. The lowest BCUT2D eigenvalue weighted by atomic mass is 10.1. The van der Waals surface area contributed by atoms with E-state index < -0.39 is 0 Å². The zero-order valence-corrected chi connectivity index (χ0v) is 11.6. The Morgan fingerprint density at radius 1 is 1.65 bits per heavy atom. The zero-order valence-electron chi connectivity index (χ0n) is 10.8. The van der Waals surface area contributed by atoms with Crippen LogP contribution in [0.5, 0.6) is 0 Å². The summed E-state index contributed by atoms with van der Waals surface area (Å²) in [5.41, 5.74) is 5.92. The molecule has 0 saturated carbocycles. The van der Waals surface area contributed by atoms with Crippen molar-refractivity contribution >= 4 is 11.3 Å². The molecule has 2 unspecified atom stereocenters. The van der Waals surface area contributed by atoms with Crippen molar-refractivity contribution in [3.8, 4) is 0 Å². The summed E-state index contributed by atoms with van der Waals surface area (Å²) in [6, 6.07) is 4.69. The Labute approximate surface area is 108 Å². The van der Waals surface area contributed by atoms with Crippen molar-refractivity contribution in [2.45, 2.75) is 12.5 Å². The molecule has 2 atom stereocenters. The Balaban J connectivity index is 1.91. The maximum absolute atomic E-state index is 5.92. The summed E-state index contributed by atoms with van der Waals surface area (Å²) in [4.78, 5) is 6.23. The maximum atomic E-state index is 5.92. The van der Waals surface area contributed by atoms with Crippen LogP contribution in [0.4, 0.5) is 0 Å². The standard InChI is InChI=1S/C13H23N3S/c1-15-6-5-11(9-15)10-16(2)12(8-14)13-4-3-7-17-13/h3-4,7,11-12H,5-6,8-10,14H2,1-2H3. The van der Waals surface area contributed by atoms with E-state index in [9.17, 15) is 0 Å². The summed E-state index contributed by atoms with van der Waals surface area (Å²) in [5, 5.41) is 2.13. The molecule has 2 N–H and O–H groups in total. The van der Waals surface area contributed by atoms with Crippen LogP contribution in [-0.4, -0.2) is 50.1 Å². The predicted octanol–water partition coefficient (Wildman–Crippen LogP) is 1.63. The van der Waals surface area contributed by atoms with E-state index in [4.69, 9.17) is 5.73 Å². The SMILES string of the molecule is CN1CCC(CN(C)C(CN)c2cccs2)C1. The minimum Gasteiger partial charge on any atom is -0.329 e. The van der Waals surface area contributed by atoms with Gasteiger partial charge in [0.2, 0.25) is 0 Å². The van der Waals surface area contributed by atoms with Crippen LogP contribution in [0.3, 0.4) is 0 Å². The van der Waals surface area contributed by atoms with E-state index in [1.54, 1.807) is 0 Å². The molecule has 1 aromatic heterocycles. The van der Waals surface area contributed by atoms with E-state index in [1.165, 1.54) is 24.4 Å². The van der Waals surface area contributed by atoms with Gasteiger partial charge in [0, 0.05) is 24.5 Å². The second-order valence-electron chi connectivity index (χ2n) is 5.12. The lowest BCUT2D eigenvalue weighted by Gasteiger charge is -2.28. The van der Waals surface area contributed by atoms with Crippen LogP contribution in [0.1, 0.15) is 17.3 Å². The lowest BCUT2D eigenvalue weighted by Crippen LogP contribution is -2.34. The molecule has 1 aliphatic rings. The highest BCUT2D eigenvalue weighted by Crippen LogP contribution is 2.25. The van der Waals surface area contributed by atoms with E-state index in [0.29, 0.717) is 12.6 Å². The van der Waals surface area contributed by atoms with Crippen molar-refractivity contribution in [3.05, 3.63) is 22.4 Å². The number of hydrogen-bond donors (Lipinski definition) is 1. The molecule has 96 valence electrons. The quantitative estimate of drug-likeness (QED) is 0.866. The molecule has 1 saturated heterocycles. The van der Waals surface area contributed by atoms with Gasteiger partial charge in [0.05, 0.1) is 6.04 Å². The summed E-state index contributed by atoms with van der Waals surface area (Å²) < 4.78 is 0. The fraction of sp³-hybridized carbons (Fsp3) is 0.692. The molecular weight excluding hydrogens is 230 g/mol. The average molecular weight is 253 g/mol. The second-order valence-corrected chi connectivity index (χ2v) is 6.10. The first-order chi connectivity index (χ1) is 8.20. The van der Waals surface area contributed by atoms with Gasteiger partial charge >= 0.3 is 0 Å². The van der Waals surface area contributed by atoms with Crippen LogP contribution in [0.25, 0.3) is 0 Å². The topological polar surface area (TPSA) is 32.5 Å². The van der Waals surface area contributed by atoms with Gasteiger partial charge in [-0.25, -0.2) is 0 Å². The van der Waals surface area contributed by atoms with Crippen molar-refractivity contribution in [3.63, 3.8) is 0 Å². The van der Waals surface area contributed by atoms with Gasteiger partial charge in [-0.3, -0.25) is 4.90 Å². The van der Waals surface area contributed by atoms with Gasteiger partial charge in [-0.05, 0) is 44.4 Å². The molecule has 0 radical (unpaired) electrons. The first kappa shape index (κ1) is 13.0.